The van der Waals surface area contributed by atoms with Gasteiger partial charge in [0.1, 0.15) is 0 Å². The van der Waals surface area contributed by atoms with Crippen molar-refractivity contribution in [2.75, 3.05) is 0 Å². The fraction of sp³-hybridized carbons (Fsp3) is 0.0588. The first kappa shape index (κ1) is 12.3. The maximum Gasteiger partial charge on any atom is 0.182 e. The molecule has 0 atom stereocenters. The zero-order valence-corrected chi connectivity index (χ0v) is 12.3. The van der Waals surface area contributed by atoms with Gasteiger partial charge in [-0.2, -0.15) is 0 Å². The number of nitrogens with zero attached hydrogens (tertiary/aromatic N) is 2. The normalized spacial score (nSPS) is 11.3. The molecule has 0 aliphatic heterocycles. The Morgan fingerprint density at radius 2 is 1.95 bits per heavy atom. The number of rotatable bonds is 1. The summed E-state index contributed by atoms with van der Waals surface area (Å²) in [4.78, 5) is 7.57. The smallest absolute Gasteiger partial charge is 0.182 e. The third kappa shape index (κ3) is 1.80. The third-order valence-corrected chi connectivity index (χ3v) is 4.11. The van der Waals surface area contributed by atoms with Gasteiger partial charge in [0.05, 0.1) is 16.7 Å². The molecule has 0 aliphatic carbocycles. The Balaban J connectivity index is 2.17. The van der Waals surface area contributed by atoms with Crippen molar-refractivity contribution < 1.29 is 0 Å². The van der Waals surface area contributed by atoms with Crippen molar-refractivity contribution in [1.29, 1.82) is 0 Å². The van der Waals surface area contributed by atoms with Crippen LogP contribution in [0.2, 0.25) is 0 Å². The van der Waals surface area contributed by atoms with Gasteiger partial charge >= 0.3 is 0 Å². The summed E-state index contributed by atoms with van der Waals surface area (Å²) in [5, 5.41) is 2.25. The molecule has 0 aliphatic rings. The number of aryl methyl sites for hydroxylation is 1. The van der Waals surface area contributed by atoms with E-state index in [9.17, 15) is 0 Å². The quantitative estimate of drug-likeness (QED) is 0.522. The lowest BCUT2D eigenvalue weighted by molar-refractivity contribution is 1.07. The highest BCUT2D eigenvalue weighted by molar-refractivity contribution is 7.71. The van der Waals surface area contributed by atoms with Gasteiger partial charge in [0.2, 0.25) is 0 Å². The number of imidazole rings is 1. The van der Waals surface area contributed by atoms with E-state index in [0.717, 1.165) is 27.5 Å². The summed E-state index contributed by atoms with van der Waals surface area (Å²) in [5.74, 6) is 0. The van der Waals surface area contributed by atoms with E-state index in [1.54, 1.807) is 0 Å². The van der Waals surface area contributed by atoms with Gasteiger partial charge in [-0.3, -0.25) is 9.55 Å². The Morgan fingerprint density at radius 3 is 2.86 bits per heavy atom. The van der Waals surface area contributed by atoms with Crippen molar-refractivity contribution in [2.24, 2.45) is 0 Å². The van der Waals surface area contributed by atoms with Crippen LogP contribution in [0.3, 0.4) is 0 Å². The maximum absolute atomic E-state index is 5.54. The number of aromatic amines is 1. The molecule has 2 aromatic heterocycles. The van der Waals surface area contributed by atoms with Gasteiger partial charge in [-0.25, -0.2) is 0 Å². The van der Waals surface area contributed by atoms with Crippen molar-refractivity contribution >= 4 is 34.0 Å². The second-order valence-electron chi connectivity index (χ2n) is 5.11. The zero-order valence-electron chi connectivity index (χ0n) is 11.5. The van der Waals surface area contributed by atoms with E-state index in [1.165, 1.54) is 5.56 Å². The fourth-order valence-electron chi connectivity index (χ4n) is 2.80. The van der Waals surface area contributed by atoms with Gasteiger partial charge in [0.25, 0.3) is 0 Å². The second kappa shape index (κ2) is 4.53. The first-order chi connectivity index (χ1) is 10.3. The number of H-pyrrole nitrogens is 1. The second-order valence-corrected chi connectivity index (χ2v) is 5.50. The molecule has 0 saturated heterocycles. The largest absolute Gasteiger partial charge is 0.330 e. The van der Waals surface area contributed by atoms with Crippen LogP contribution >= 0.6 is 12.2 Å². The Hall–Kier alpha value is -2.46. The van der Waals surface area contributed by atoms with Gasteiger partial charge in [-0.1, -0.05) is 24.3 Å². The van der Waals surface area contributed by atoms with E-state index in [0.29, 0.717) is 4.77 Å². The predicted molar refractivity (Wildman–Crippen MR) is 88.5 cm³/mol. The number of hydrogen-bond donors (Lipinski definition) is 1. The highest BCUT2D eigenvalue weighted by atomic mass is 32.1. The molecular formula is C17H13N3S. The van der Waals surface area contributed by atoms with Crippen LogP contribution in [0.1, 0.15) is 5.56 Å². The molecular weight excluding hydrogens is 278 g/mol. The van der Waals surface area contributed by atoms with Crippen LogP contribution in [0.15, 0.2) is 54.9 Å². The van der Waals surface area contributed by atoms with Crippen LogP contribution in [0.5, 0.6) is 0 Å². The standard InChI is InChI=1S/C17H13N3S/c1-11-4-2-7-15-16(11)19-17(21)20(15)14-6-3-5-12-8-9-18-10-13(12)14/h2-10H,1H3,(H,19,21). The molecule has 0 unspecified atom stereocenters. The topological polar surface area (TPSA) is 33.6 Å². The number of pyridine rings is 1. The molecule has 0 saturated carbocycles. The van der Waals surface area contributed by atoms with E-state index >= 15 is 0 Å². The molecule has 4 heteroatoms. The number of fused-ring (bicyclic) bond motifs is 2. The van der Waals surface area contributed by atoms with Crippen LogP contribution in [-0.2, 0) is 0 Å². The van der Waals surface area contributed by atoms with Crippen molar-refractivity contribution in [1.82, 2.24) is 14.5 Å². The number of hydrogen-bond acceptors (Lipinski definition) is 2. The van der Waals surface area contributed by atoms with E-state index in [4.69, 9.17) is 12.2 Å². The Kier molecular flexibility index (Phi) is 2.65. The lowest BCUT2D eigenvalue weighted by Crippen LogP contribution is -1.95. The molecule has 0 fully saturated rings. The van der Waals surface area contributed by atoms with Crippen molar-refractivity contribution in [3.05, 3.63) is 65.2 Å². The molecule has 0 amide bonds. The molecule has 2 aromatic carbocycles. The molecule has 0 spiro atoms. The molecule has 2 heterocycles. The summed E-state index contributed by atoms with van der Waals surface area (Å²) in [5.41, 5.74) is 4.43. The van der Waals surface area contributed by atoms with Crippen molar-refractivity contribution in [2.45, 2.75) is 6.92 Å². The molecule has 3 nitrogen and oxygen atoms in total. The van der Waals surface area contributed by atoms with Crippen LogP contribution < -0.4 is 0 Å². The van der Waals surface area contributed by atoms with E-state index in [-0.39, 0.29) is 0 Å². The SMILES string of the molecule is Cc1cccc2c1[nH]c(=S)n2-c1cccc2ccncc12. The monoisotopic (exact) mass is 291 g/mol. The number of para-hydroxylation sites is 1. The summed E-state index contributed by atoms with van der Waals surface area (Å²) < 4.78 is 2.79. The van der Waals surface area contributed by atoms with Gasteiger partial charge < -0.3 is 4.98 Å². The third-order valence-electron chi connectivity index (χ3n) is 3.83. The van der Waals surface area contributed by atoms with Gasteiger partial charge in [0, 0.05) is 17.8 Å². The van der Waals surface area contributed by atoms with Crippen molar-refractivity contribution in [3.8, 4) is 5.69 Å². The minimum Gasteiger partial charge on any atom is -0.330 e. The first-order valence-electron chi connectivity index (χ1n) is 6.79. The predicted octanol–water partition coefficient (Wildman–Crippen LogP) is 4.54. The molecule has 0 radical (unpaired) electrons. The van der Waals surface area contributed by atoms with Gasteiger partial charge in [-0.05, 0) is 48.3 Å². The molecule has 21 heavy (non-hydrogen) atoms. The summed E-state index contributed by atoms with van der Waals surface area (Å²) in [6.07, 6.45) is 3.70. The summed E-state index contributed by atoms with van der Waals surface area (Å²) >= 11 is 5.54. The summed E-state index contributed by atoms with van der Waals surface area (Å²) in [6, 6.07) is 14.5. The first-order valence-corrected chi connectivity index (χ1v) is 7.20. The molecule has 0 bridgehead atoms. The number of nitrogens with one attached hydrogen (secondary N) is 1. The molecule has 4 aromatic rings. The van der Waals surface area contributed by atoms with Gasteiger partial charge in [0.15, 0.2) is 4.77 Å². The van der Waals surface area contributed by atoms with Crippen LogP contribution in [0.4, 0.5) is 0 Å². The molecule has 1 N–H and O–H groups in total. The van der Waals surface area contributed by atoms with Crippen LogP contribution in [0, 0.1) is 11.7 Å². The average molecular weight is 291 g/mol. The highest BCUT2D eigenvalue weighted by Crippen LogP contribution is 2.26. The van der Waals surface area contributed by atoms with E-state index < -0.39 is 0 Å². The lowest BCUT2D eigenvalue weighted by atomic mass is 10.1. The summed E-state index contributed by atoms with van der Waals surface area (Å²) in [6.45, 7) is 2.09. The zero-order chi connectivity index (χ0) is 14.4. The van der Waals surface area contributed by atoms with Crippen LogP contribution in [0.25, 0.3) is 27.5 Å². The van der Waals surface area contributed by atoms with E-state index in [1.807, 2.05) is 24.5 Å². The Labute approximate surface area is 126 Å². The van der Waals surface area contributed by atoms with Crippen LogP contribution in [-0.4, -0.2) is 14.5 Å². The number of benzene rings is 2. The van der Waals surface area contributed by atoms with Gasteiger partial charge in [-0.15, -0.1) is 0 Å². The number of aromatic nitrogens is 3. The molecule has 102 valence electrons. The maximum atomic E-state index is 5.54. The summed E-state index contributed by atoms with van der Waals surface area (Å²) in [7, 11) is 0. The minimum atomic E-state index is 0.704. The molecule has 4 rings (SSSR count). The minimum absolute atomic E-state index is 0.704. The fourth-order valence-corrected chi connectivity index (χ4v) is 3.10. The lowest BCUT2D eigenvalue weighted by Gasteiger charge is -2.08. The van der Waals surface area contributed by atoms with E-state index in [2.05, 4.69) is 51.8 Å². The highest BCUT2D eigenvalue weighted by Gasteiger charge is 2.10. The average Bonchev–Trinajstić information content (AvgIpc) is 2.84. The Bertz CT molecular complexity index is 1020. The Morgan fingerprint density at radius 1 is 1.10 bits per heavy atom. The van der Waals surface area contributed by atoms with Crippen molar-refractivity contribution in [3.63, 3.8) is 0 Å².